The quantitative estimate of drug-likeness (QED) is 0.761. The van der Waals surface area contributed by atoms with Gasteiger partial charge in [-0.05, 0) is 27.5 Å². The van der Waals surface area contributed by atoms with Crippen molar-refractivity contribution >= 4 is 41.7 Å². The minimum absolute atomic E-state index is 0.0958. The first-order chi connectivity index (χ1) is 11.2. The summed E-state index contributed by atoms with van der Waals surface area (Å²) in [5, 5.41) is 8.09. The van der Waals surface area contributed by atoms with Crippen molar-refractivity contribution in [2.75, 3.05) is 31.1 Å². The van der Waals surface area contributed by atoms with E-state index >= 15 is 0 Å². The molecule has 9 heteroatoms. The molecule has 1 amide bonds. The van der Waals surface area contributed by atoms with Crippen molar-refractivity contribution in [1.82, 2.24) is 15.1 Å². The molecule has 1 aromatic rings. The molecule has 24 heavy (non-hydrogen) atoms. The summed E-state index contributed by atoms with van der Waals surface area (Å²) in [6.07, 6.45) is -0.340. The lowest BCUT2D eigenvalue weighted by Crippen LogP contribution is -2.57. The van der Waals surface area contributed by atoms with Gasteiger partial charge in [-0.3, -0.25) is 4.99 Å². The predicted molar refractivity (Wildman–Crippen MR) is 95.4 cm³/mol. The summed E-state index contributed by atoms with van der Waals surface area (Å²) in [7, 11) is 0. The van der Waals surface area contributed by atoms with Crippen LogP contribution in [0.3, 0.4) is 0 Å². The molecule has 1 fully saturated rings. The summed E-state index contributed by atoms with van der Waals surface area (Å²) in [5.41, 5.74) is 0.140. The van der Waals surface area contributed by atoms with E-state index in [1.807, 2.05) is 25.7 Å². The van der Waals surface area contributed by atoms with E-state index in [-0.39, 0.29) is 22.4 Å². The molecular formula is C15H21Cl2N5O2. The van der Waals surface area contributed by atoms with Gasteiger partial charge in [-0.1, -0.05) is 23.2 Å². The van der Waals surface area contributed by atoms with Gasteiger partial charge in [-0.15, -0.1) is 10.2 Å². The van der Waals surface area contributed by atoms with Gasteiger partial charge in [0, 0.05) is 25.7 Å². The summed E-state index contributed by atoms with van der Waals surface area (Å²) in [6.45, 7) is 11.0. The third-order valence-corrected chi connectivity index (χ3v) is 3.94. The molecule has 0 saturated carbocycles. The average Bonchev–Trinajstić information content (AvgIpc) is 2.48. The third kappa shape index (κ3) is 4.70. The minimum Gasteiger partial charge on any atom is -0.444 e. The van der Waals surface area contributed by atoms with Crippen LogP contribution in [0.1, 0.15) is 20.8 Å². The van der Waals surface area contributed by atoms with E-state index in [1.54, 1.807) is 11.0 Å². The Hall–Kier alpha value is -1.60. The van der Waals surface area contributed by atoms with E-state index in [9.17, 15) is 4.79 Å². The largest absolute Gasteiger partial charge is 0.444 e. The van der Waals surface area contributed by atoms with Gasteiger partial charge in [0.05, 0.1) is 18.3 Å². The van der Waals surface area contributed by atoms with E-state index in [0.29, 0.717) is 31.9 Å². The number of carbonyl (C=O) groups excluding carboxylic acids is 1. The van der Waals surface area contributed by atoms with Crippen molar-refractivity contribution in [1.29, 1.82) is 0 Å². The number of amides is 1. The Morgan fingerprint density at radius 3 is 2.75 bits per heavy atom. The van der Waals surface area contributed by atoms with Crippen molar-refractivity contribution in [3.8, 4) is 0 Å². The summed E-state index contributed by atoms with van der Waals surface area (Å²) in [4.78, 5) is 20.0. The van der Waals surface area contributed by atoms with Gasteiger partial charge in [-0.2, -0.15) is 0 Å². The first kappa shape index (κ1) is 18.7. The van der Waals surface area contributed by atoms with Crippen LogP contribution in [0.5, 0.6) is 0 Å². The highest BCUT2D eigenvalue weighted by atomic mass is 35.5. The number of piperazine rings is 1. The van der Waals surface area contributed by atoms with Crippen molar-refractivity contribution in [2.45, 2.75) is 32.4 Å². The summed E-state index contributed by atoms with van der Waals surface area (Å²) in [6, 6.07) is 1.57. The molecule has 1 aliphatic heterocycles. The van der Waals surface area contributed by atoms with Crippen LogP contribution in [0.2, 0.25) is 10.3 Å². The number of anilines is 1. The van der Waals surface area contributed by atoms with Gasteiger partial charge in [0.25, 0.3) is 0 Å². The Labute approximate surface area is 151 Å². The molecule has 0 spiro atoms. The van der Waals surface area contributed by atoms with E-state index in [2.05, 4.69) is 21.9 Å². The first-order valence-corrected chi connectivity index (χ1v) is 8.32. The molecule has 0 radical (unpaired) electrons. The van der Waals surface area contributed by atoms with Crippen LogP contribution in [0, 0.1) is 0 Å². The second kappa shape index (κ2) is 7.53. The number of hydrogen-bond donors (Lipinski definition) is 0. The number of aromatic nitrogens is 2. The van der Waals surface area contributed by atoms with Crippen molar-refractivity contribution in [3.63, 3.8) is 0 Å². The highest BCUT2D eigenvalue weighted by Gasteiger charge is 2.33. The van der Waals surface area contributed by atoms with E-state index < -0.39 is 5.60 Å². The lowest BCUT2D eigenvalue weighted by Gasteiger charge is -2.42. The summed E-state index contributed by atoms with van der Waals surface area (Å²) < 4.78 is 5.44. The van der Waals surface area contributed by atoms with Crippen molar-refractivity contribution < 1.29 is 9.53 Å². The van der Waals surface area contributed by atoms with Gasteiger partial charge >= 0.3 is 6.09 Å². The fourth-order valence-electron chi connectivity index (χ4n) is 2.52. The highest BCUT2D eigenvalue weighted by Crippen LogP contribution is 2.29. The zero-order valence-electron chi connectivity index (χ0n) is 14.0. The monoisotopic (exact) mass is 373 g/mol. The van der Waals surface area contributed by atoms with Gasteiger partial charge in [-0.25, -0.2) is 4.79 Å². The molecule has 2 rings (SSSR count). The number of halogens is 2. The zero-order valence-corrected chi connectivity index (χ0v) is 15.5. The van der Waals surface area contributed by atoms with Gasteiger partial charge in [0.1, 0.15) is 5.60 Å². The molecule has 0 aliphatic carbocycles. The number of carbonyl (C=O) groups is 1. The first-order valence-electron chi connectivity index (χ1n) is 7.57. The molecule has 0 unspecified atom stereocenters. The Morgan fingerprint density at radius 1 is 1.42 bits per heavy atom. The smallest absolute Gasteiger partial charge is 0.410 e. The Kier molecular flexibility index (Phi) is 5.87. The van der Waals surface area contributed by atoms with Gasteiger partial charge in [0.15, 0.2) is 10.3 Å². The normalized spacial score (nSPS) is 18.5. The topological polar surface area (TPSA) is 70.9 Å². The fraction of sp³-hybridized carbons (Fsp3) is 0.600. The Bertz CT molecular complexity index is 620. The lowest BCUT2D eigenvalue weighted by atomic mass is 10.1. The van der Waals surface area contributed by atoms with Gasteiger partial charge < -0.3 is 14.5 Å². The third-order valence-electron chi connectivity index (χ3n) is 3.48. The standard InChI is InChI=1S/C15H21Cl2N5O2/c1-15(2,3)24-14(23)21-5-6-22(10(9-21)8-18-4)11-7-12(16)19-20-13(11)17/h7,10H,4-6,8-9H2,1-3H3/t10-/m0/s1. The maximum Gasteiger partial charge on any atom is 0.410 e. The number of hydrogen-bond acceptors (Lipinski definition) is 6. The molecule has 0 N–H and O–H groups in total. The molecule has 2 heterocycles. The fourth-order valence-corrected chi connectivity index (χ4v) is 2.86. The van der Waals surface area contributed by atoms with Crippen LogP contribution in [-0.2, 0) is 4.74 Å². The number of ether oxygens (including phenoxy) is 1. The lowest BCUT2D eigenvalue weighted by molar-refractivity contribution is 0.0217. The molecule has 1 atom stereocenters. The second-order valence-corrected chi connectivity index (χ2v) is 7.27. The molecule has 0 aromatic carbocycles. The minimum atomic E-state index is -0.535. The highest BCUT2D eigenvalue weighted by molar-refractivity contribution is 6.33. The van der Waals surface area contributed by atoms with E-state index in [4.69, 9.17) is 27.9 Å². The molecule has 1 saturated heterocycles. The molecule has 132 valence electrons. The molecule has 7 nitrogen and oxygen atoms in total. The average molecular weight is 374 g/mol. The summed E-state index contributed by atoms with van der Waals surface area (Å²) >= 11 is 12.1. The van der Waals surface area contributed by atoms with Crippen LogP contribution in [0.25, 0.3) is 0 Å². The number of aliphatic imine (C=N–C) groups is 1. The van der Waals surface area contributed by atoms with Crippen molar-refractivity contribution in [3.05, 3.63) is 16.4 Å². The number of rotatable bonds is 3. The van der Waals surface area contributed by atoms with E-state index in [0.717, 1.165) is 0 Å². The van der Waals surface area contributed by atoms with Crippen LogP contribution in [0.4, 0.5) is 10.5 Å². The van der Waals surface area contributed by atoms with Crippen LogP contribution >= 0.6 is 23.2 Å². The van der Waals surface area contributed by atoms with E-state index in [1.165, 1.54) is 0 Å². The van der Waals surface area contributed by atoms with Crippen LogP contribution < -0.4 is 4.90 Å². The Morgan fingerprint density at radius 2 is 2.12 bits per heavy atom. The molecule has 0 bridgehead atoms. The Balaban J connectivity index is 2.18. The SMILES string of the molecule is C=NC[C@H]1CN(C(=O)OC(C)(C)C)CCN1c1cc(Cl)nnc1Cl. The molecule has 1 aliphatic rings. The van der Waals surface area contributed by atoms with Crippen LogP contribution in [0.15, 0.2) is 11.1 Å². The summed E-state index contributed by atoms with van der Waals surface area (Å²) in [5.74, 6) is 0. The maximum atomic E-state index is 12.3. The van der Waals surface area contributed by atoms with Crippen LogP contribution in [-0.4, -0.2) is 65.7 Å². The van der Waals surface area contributed by atoms with Crippen molar-refractivity contribution in [2.24, 2.45) is 4.99 Å². The zero-order chi connectivity index (χ0) is 17.9. The molecular weight excluding hydrogens is 353 g/mol. The van der Waals surface area contributed by atoms with Gasteiger partial charge in [0.2, 0.25) is 0 Å². The molecule has 1 aromatic heterocycles. The maximum absolute atomic E-state index is 12.3. The predicted octanol–water partition coefficient (Wildman–Crippen LogP) is 2.91. The second-order valence-electron chi connectivity index (χ2n) is 6.52. The number of nitrogens with zero attached hydrogens (tertiary/aromatic N) is 5.